The van der Waals surface area contributed by atoms with E-state index in [4.69, 9.17) is 0 Å². The van der Waals surface area contributed by atoms with Crippen molar-refractivity contribution in [1.29, 1.82) is 0 Å². The summed E-state index contributed by atoms with van der Waals surface area (Å²) in [7, 11) is 0. The van der Waals surface area contributed by atoms with E-state index in [0.717, 1.165) is 11.7 Å². The van der Waals surface area contributed by atoms with Crippen molar-refractivity contribution < 1.29 is 0 Å². The van der Waals surface area contributed by atoms with Gasteiger partial charge in [-0.2, -0.15) is 12.6 Å². The molecule has 1 atom stereocenters. The summed E-state index contributed by atoms with van der Waals surface area (Å²) in [6.45, 7) is 2.41. The lowest BCUT2D eigenvalue weighted by Gasteiger charge is -2.07. The molecule has 1 saturated heterocycles. The molecule has 1 fully saturated rings. The van der Waals surface area contributed by atoms with Crippen LogP contribution in [0.25, 0.3) is 0 Å². The Kier molecular flexibility index (Phi) is 3.44. The third-order valence-corrected chi connectivity index (χ3v) is 2.47. The van der Waals surface area contributed by atoms with Crippen LogP contribution in [-0.2, 0) is 0 Å². The zero-order valence-electron chi connectivity index (χ0n) is 5.77. The molecule has 1 heterocycles. The predicted octanol–water partition coefficient (Wildman–Crippen LogP) is 1.31. The molecule has 0 saturated carbocycles. The van der Waals surface area contributed by atoms with Crippen molar-refractivity contribution >= 4 is 12.6 Å². The first-order valence-corrected chi connectivity index (χ1v) is 4.38. The van der Waals surface area contributed by atoms with Crippen molar-refractivity contribution in [3.05, 3.63) is 0 Å². The van der Waals surface area contributed by atoms with E-state index < -0.39 is 0 Å². The highest BCUT2D eigenvalue weighted by Gasteiger charge is 2.08. The first-order chi connectivity index (χ1) is 4.43. The Morgan fingerprint density at radius 1 is 1.33 bits per heavy atom. The average molecular weight is 145 g/mol. The van der Waals surface area contributed by atoms with E-state index in [1.165, 1.54) is 32.4 Å². The van der Waals surface area contributed by atoms with Gasteiger partial charge in [0.2, 0.25) is 0 Å². The second-order valence-corrected chi connectivity index (χ2v) is 3.09. The number of nitrogens with one attached hydrogen (secondary N) is 1. The van der Waals surface area contributed by atoms with E-state index in [1.807, 2.05) is 0 Å². The summed E-state index contributed by atoms with van der Waals surface area (Å²) in [5.74, 6) is 1.95. The summed E-state index contributed by atoms with van der Waals surface area (Å²) in [4.78, 5) is 0. The van der Waals surface area contributed by atoms with Crippen molar-refractivity contribution in [2.24, 2.45) is 5.92 Å². The van der Waals surface area contributed by atoms with E-state index in [0.29, 0.717) is 0 Å². The molecule has 54 valence electrons. The molecule has 1 aliphatic rings. The zero-order chi connectivity index (χ0) is 6.53. The molecule has 0 aliphatic carbocycles. The first kappa shape index (κ1) is 7.42. The largest absolute Gasteiger partial charge is 0.317 e. The highest BCUT2D eigenvalue weighted by atomic mass is 32.1. The van der Waals surface area contributed by atoms with Gasteiger partial charge >= 0.3 is 0 Å². The maximum Gasteiger partial charge on any atom is -0.00460 e. The molecule has 0 spiro atoms. The molecule has 2 heteroatoms. The highest BCUT2D eigenvalue weighted by Crippen LogP contribution is 2.13. The molecule has 1 nitrogen and oxygen atoms in total. The molecule has 0 aromatic carbocycles. The van der Waals surface area contributed by atoms with Crippen LogP contribution in [0.4, 0.5) is 0 Å². The predicted molar refractivity (Wildman–Crippen MR) is 44.1 cm³/mol. The number of hydrogen-bond donors (Lipinski definition) is 2. The van der Waals surface area contributed by atoms with Crippen LogP contribution in [0.5, 0.6) is 0 Å². The van der Waals surface area contributed by atoms with E-state index in [1.54, 1.807) is 0 Å². The first-order valence-electron chi connectivity index (χ1n) is 3.75. The van der Waals surface area contributed by atoms with Crippen LogP contribution in [0.15, 0.2) is 0 Å². The fraction of sp³-hybridized carbons (Fsp3) is 1.00. The van der Waals surface area contributed by atoms with Gasteiger partial charge in [0.1, 0.15) is 0 Å². The molecule has 9 heavy (non-hydrogen) atoms. The lowest BCUT2D eigenvalue weighted by atomic mass is 10.0. The van der Waals surface area contributed by atoms with Crippen LogP contribution in [-0.4, -0.2) is 18.8 Å². The van der Waals surface area contributed by atoms with Crippen LogP contribution < -0.4 is 5.32 Å². The van der Waals surface area contributed by atoms with Crippen molar-refractivity contribution in [3.63, 3.8) is 0 Å². The zero-order valence-corrected chi connectivity index (χ0v) is 6.66. The van der Waals surface area contributed by atoms with E-state index in [-0.39, 0.29) is 0 Å². The van der Waals surface area contributed by atoms with Gasteiger partial charge in [-0.15, -0.1) is 0 Å². The van der Waals surface area contributed by atoms with E-state index in [2.05, 4.69) is 17.9 Å². The maximum absolute atomic E-state index is 4.28. The molecule has 0 aromatic heterocycles. The minimum atomic E-state index is 0.878. The van der Waals surface area contributed by atoms with Crippen molar-refractivity contribution in [2.45, 2.75) is 19.3 Å². The topological polar surface area (TPSA) is 12.0 Å². The van der Waals surface area contributed by atoms with Crippen molar-refractivity contribution in [3.8, 4) is 0 Å². The molecule has 1 rings (SSSR count). The van der Waals surface area contributed by atoms with Gasteiger partial charge in [0.15, 0.2) is 0 Å². The second kappa shape index (κ2) is 4.18. The quantitative estimate of drug-likeness (QED) is 0.530. The minimum Gasteiger partial charge on any atom is -0.317 e. The molecule has 1 unspecified atom stereocenters. The molecule has 1 aliphatic heterocycles. The lowest BCUT2D eigenvalue weighted by Crippen LogP contribution is -2.14. The molecule has 0 aromatic rings. The normalized spacial score (nSPS) is 29.7. The van der Waals surface area contributed by atoms with Gasteiger partial charge in [-0.05, 0) is 44.0 Å². The summed E-state index contributed by atoms with van der Waals surface area (Å²) in [6.07, 6.45) is 4.03. The second-order valence-electron chi connectivity index (χ2n) is 2.73. The van der Waals surface area contributed by atoms with E-state index >= 15 is 0 Å². The van der Waals surface area contributed by atoms with Crippen LogP contribution >= 0.6 is 12.6 Å². The van der Waals surface area contributed by atoms with Gasteiger partial charge in [0.25, 0.3) is 0 Å². The maximum atomic E-state index is 4.28. The van der Waals surface area contributed by atoms with Gasteiger partial charge in [-0.3, -0.25) is 0 Å². The third kappa shape index (κ3) is 2.59. The van der Waals surface area contributed by atoms with Gasteiger partial charge in [-0.25, -0.2) is 0 Å². The van der Waals surface area contributed by atoms with Crippen LogP contribution in [0, 0.1) is 5.92 Å². The van der Waals surface area contributed by atoms with Crippen LogP contribution in [0.1, 0.15) is 19.3 Å². The Labute approximate surface area is 62.6 Å². The van der Waals surface area contributed by atoms with Crippen LogP contribution in [0.3, 0.4) is 0 Å². The fourth-order valence-electron chi connectivity index (χ4n) is 1.27. The average Bonchev–Trinajstić information content (AvgIpc) is 2.13. The molecule has 0 bridgehead atoms. The Morgan fingerprint density at radius 3 is 3.00 bits per heavy atom. The Morgan fingerprint density at radius 2 is 2.22 bits per heavy atom. The number of hydrogen-bond acceptors (Lipinski definition) is 2. The Balaban J connectivity index is 2.18. The van der Waals surface area contributed by atoms with Gasteiger partial charge < -0.3 is 5.32 Å². The lowest BCUT2D eigenvalue weighted by molar-refractivity contribution is 0.529. The monoisotopic (exact) mass is 145 g/mol. The number of rotatable bonds is 1. The SMILES string of the molecule is SCC1CCCNCC1. The van der Waals surface area contributed by atoms with Gasteiger partial charge in [0.05, 0.1) is 0 Å². The Hall–Kier alpha value is 0.310. The molecule has 0 amide bonds. The summed E-state index contributed by atoms with van der Waals surface area (Å²) in [5.41, 5.74) is 0. The standard InChI is InChI=1S/C7H15NS/c9-6-7-2-1-4-8-5-3-7/h7-9H,1-6H2. The van der Waals surface area contributed by atoms with Gasteiger partial charge in [-0.1, -0.05) is 0 Å². The Bertz CT molecular complexity index is 67.3. The highest BCUT2D eigenvalue weighted by molar-refractivity contribution is 7.80. The molecule has 0 radical (unpaired) electrons. The number of thiol groups is 1. The summed E-state index contributed by atoms with van der Waals surface area (Å²) >= 11 is 4.28. The minimum absolute atomic E-state index is 0.878. The van der Waals surface area contributed by atoms with Gasteiger partial charge in [0, 0.05) is 0 Å². The molecular weight excluding hydrogens is 130 g/mol. The van der Waals surface area contributed by atoms with Crippen LogP contribution in [0.2, 0.25) is 0 Å². The molecular formula is C7H15NS. The van der Waals surface area contributed by atoms with Crippen molar-refractivity contribution in [2.75, 3.05) is 18.8 Å². The third-order valence-electron chi connectivity index (χ3n) is 1.95. The summed E-state index contributed by atoms with van der Waals surface area (Å²) in [6, 6.07) is 0. The summed E-state index contributed by atoms with van der Waals surface area (Å²) in [5, 5.41) is 3.38. The smallest absolute Gasteiger partial charge is 0.00460 e. The fourth-order valence-corrected chi connectivity index (χ4v) is 1.64. The summed E-state index contributed by atoms with van der Waals surface area (Å²) < 4.78 is 0. The van der Waals surface area contributed by atoms with E-state index in [9.17, 15) is 0 Å². The molecule has 1 N–H and O–H groups in total. The van der Waals surface area contributed by atoms with Crippen molar-refractivity contribution in [1.82, 2.24) is 5.32 Å².